The third-order valence-corrected chi connectivity index (χ3v) is 1.77. The highest BCUT2D eigenvalue weighted by Gasteiger charge is 2.11. The van der Waals surface area contributed by atoms with Gasteiger partial charge in [0.1, 0.15) is 0 Å². The highest BCUT2D eigenvalue weighted by molar-refractivity contribution is 5.95. The molecule has 1 aliphatic rings. The van der Waals surface area contributed by atoms with Crippen molar-refractivity contribution in [2.75, 3.05) is 6.61 Å². The zero-order chi connectivity index (χ0) is 8.10. The number of carbonyl (C=O) groups excluding carboxylic acids is 1. The van der Waals surface area contributed by atoms with Gasteiger partial charge in [0.05, 0.1) is 12.9 Å². The lowest BCUT2D eigenvalue weighted by atomic mass is 10.0. The van der Waals surface area contributed by atoms with Crippen molar-refractivity contribution in [2.24, 2.45) is 0 Å². The van der Waals surface area contributed by atoms with Crippen molar-refractivity contribution in [3.8, 4) is 0 Å². The first-order valence-electron chi connectivity index (χ1n) is 4.18. The number of rotatable bonds is 3. The van der Waals surface area contributed by atoms with Gasteiger partial charge in [0, 0.05) is 12.0 Å². The van der Waals surface area contributed by atoms with Crippen molar-refractivity contribution in [3.05, 3.63) is 11.8 Å². The third kappa shape index (κ3) is 2.37. The second kappa shape index (κ2) is 4.16. The van der Waals surface area contributed by atoms with Crippen LogP contribution >= 0.6 is 0 Å². The highest BCUT2D eigenvalue weighted by atomic mass is 16.5. The Morgan fingerprint density at radius 3 is 3.09 bits per heavy atom. The van der Waals surface area contributed by atoms with Gasteiger partial charge in [-0.3, -0.25) is 4.79 Å². The fraction of sp³-hybridized carbons (Fsp3) is 0.667. The Labute approximate surface area is 67.2 Å². The maximum Gasteiger partial charge on any atom is 0.161 e. The van der Waals surface area contributed by atoms with Crippen LogP contribution in [0.2, 0.25) is 0 Å². The van der Waals surface area contributed by atoms with E-state index in [1.165, 1.54) is 0 Å². The Morgan fingerprint density at radius 2 is 2.55 bits per heavy atom. The van der Waals surface area contributed by atoms with Gasteiger partial charge in [-0.05, 0) is 19.3 Å². The fourth-order valence-electron chi connectivity index (χ4n) is 1.16. The summed E-state index contributed by atoms with van der Waals surface area (Å²) in [6.07, 6.45) is 5.10. The molecule has 0 N–H and O–H groups in total. The molecule has 0 bridgehead atoms. The van der Waals surface area contributed by atoms with E-state index in [4.69, 9.17) is 4.74 Å². The lowest BCUT2D eigenvalue weighted by molar-refractivity contribution is -0.116. The minimum absolute atomic E-state index is 0.257. The van der Waals surface area contributed by atoms with Gasteiger partial charge in [-0.2, -0.15) is 0 Å². The van der Waals surface area contributed by atoms with Gasteiger partial charge in [-0.1, -0.05) is 6.92 Å². The van der Waals surface area contributed by atoms with Crippen LogP contribution in [0.25, 0.3) is 0 Å². The van der Waals surface area contributed by atoms with E-state index in [9.17, 15) is 4.79 Å². The summed E-state index contributed by atoms with van der Waals surface area (Å²) in [7, 11) is 0. The predicted octanol–water partition coefficient (Wildman–Crippen LogP) is 2.05. The van der Waals surface area contributed by atoms with Gasteiger partial charge in [-0.25, -0.2) is 0 Å². The molecular formula is C9H14O2. The van der Waals surface area contributed by atoms with E-state index >= 15 is 0 Å². The van der Waals surface area contributed by atoms with Crippen LogP contribution in [0.15, 0.2) is 11.8 Å². The Balaban J connectivity index is 2.44. The SMILES string of the molecule is CCCC(=O)C1=COCCC1. The number of Topliss-reactive ketones (excluding diaryl/α,β-unsaturated/α-hetero) is 1. The van der Waals surface area contributed by atoms with Gasteiger partial charge in [0.2, 0.25) is 0 Å². The van der Waals surface area contributed by atoms with E-state index in [2.05, 4.69) is 0 Å². The summed E-state index contributed by atoms with van der Waals surface area (Å²) in [5, 5.41) is 0. The number of allylic oxidation sites excluding steroid dienone is 1. The van der Waals surface area contributed by atoms with Crippen molar-refractivity contribution in [3.63, 3.8) is 0 Å². The maximum atomic E-state index is 11.2. The van der Waals surface area contributed by atoms with E-state index in [0.717, 1.165) is 31.4 Å². The molecule has 0 unspecified atom stereocenters. The number of hydrogen-bond donors (Lipinski definition) is 0. The number of hydrogen-bond acceptors (Lipinski definition) is 2. The van der Waals surface area contributed by atoms with Crippen LogP contribution in [0.5, 0.6) is 0 Å². The topological polar surface area (TPSA) is 26.3 Å². The number of ether oxygens (including phenoxy) is 1. The molecule has 0 amide bonds. The van der Waals surface area contributed by atoms with Gasteiger partial charge in [0.25, 0.3) is 0 Å². The van der Waals surface area contributed by atoms with Crippen LogP contribution in [0.4, 0.5) is 0 Å². The minimum Gasteiger partial charge on any atom is -0.501 e. The summed E-state index contributed by atoms with van der Waals surface area (Å²) in [4.78, 5) is 11.2. The molecule has 0 aliphatic carbocycles. The molecule has 2 nitrogen and oxygen atoms in total. The molecule has 1 heterocycles. The van der Waals surface area contributed by atoms with Crippen molar-refractivity contribution in [2.45, 2.75) is 32.6 Å². The minimum atomic E-state index is 0.257. The van der Waals surface area contributed by atoms with Crippen molar-refractivity contribution < 1.29 is 9.53 Å². The smallest absolute Gasteiger partial charge is 0.161 e. The summed E-state index contributed by atoms with van der Waals surface area (Å²) in [5.74, 6) is 0.257. The van der Waals surface area contributed by atoms with E-state index < -0.39 is 0 Å². The quantitative estimate of drug-likeness (QED) is 0.622. The summed E-state index contributed by atoms with van der Waals surface area (Å²) in [6.45, 7) is 2.78. The van der Waals surface area contributed by atoms with Crippen LogP contribution in [0, 0.1) is 0 Å². The van der Waals surface area contributed by atoms with Gasteiger partial charge < -0.3 is 4.74 Å². The van der Waals surface area contributed by atoms with E-state index in [1.807, 2.05) is 6.92 Å². The molecule has 0 fully saturated rings. The molecule has 2 heteroatoms. The second-order valence-corrected chi connectivity index (χ2v) is 2.79. The molecule has 0 aromatic rings. The zero-order valence-electron chi connectivity index (χ0n) is 6.93. The Bertz CT molecular complexity index is 170. The molecule has 0 saturated carbocycles. The molecule has 0 saturated heterocycles. The maximum absolute atomic E-state index is 11.2. The predicted molar refractivity (Wildman–Crippen MR) is 43.2 cm³/mol. The zero-order valence-corrected chi connectivity index (χ0v) is 6.93. The lowest BCUT2D eigenvalue weighted by Crippen LogP contribution is -2.08. The molecule has 1 rings (SSSR count). The van der Waals surface area contributed by atoms with Crippen molar-refractivity contribution >= 4 is 5.78 Å². The van der Waals surface area contributed by atoms with E-state index in [1.54, 1.807) is 6.26 Å². The normalized spacial score (nSPS) is 17.0. The summed E-state index contributed by atoms with van der Waals surface area (Å²) in [6, 6.07) is 0. The van der Waals surface area contributed by atoms with E-state index in [-0.39, 0.29) is 5.78 Å². The Hall–Kier alpha value is -0.790. The molecule has 62 valence electrons. The highest BCUT2D eigenvalue weighted by Crippen LogP contribution is 2.14. The van der Waals surface area contributed by atoms with Crippen molar-refractivity contribution in [1.29, 1.82) is 0 Å². The Kier molecular flexibility index (Phi) is 3.14. The number of carbonyl (C=O) groups is 1. The standard InChI is InChI=1S/C9H14O2/c1-2-4-9(10)8-5-3-6-11-7-8/h7H,2-6H2,1H3. The summed E-state index contributed by atoms with van der Waals surface area (Å²) < 4.78 is 5.07. The fourth-order valence-corrected chi connectivity index (χ4v) is 1.16. The van der Waals surface area contributed by atoms with Crippen molar-refractivity contribution in [1.82, 2.24) is 0 Å². The second-order valence-electron chi connectivity index (χ2n) is 2.79. The van der Waals surface area contributed by atoms with Crippen LogP contribution in [-0.4, -0.2) is 12.4 Å². The van der Waals surface area contributed by atoms with Crippen LogP contribution in [-0.2, 0) is 9.53 Å². The summed E-state index contributed by atoms with van der Waals surface area (Å²) >= 11 is 0. The average molecular weight is 154 g/mol. The molecule has 11 heavy (non-hydrogen) atoms. The molecule has 0 radical (unpaired) electrons. The van der Waals surface area contributed by atoms with Crippen LogP contribution in [0.1, 0.15) is 32.6 Å². The lowest BCUT2D eigenvalue weighted by Gasteiger charge is -2.11. The molecule has 1 aliphatic heterocycles. The van der Waals surface area contributed by atoms with Gasteiger partial charge in [-0.15, -0.1) is 0 Å². The average Bonchev–Trinajstić information content (AvgIpc) is 2.07. The first-order valence-corrected chi connectivity index (χ1v) is 4.18. The molecular weight excluding hydrogens is 140 g/mol. The first kappa shape index (κ1) is 8.31. The third-order valence-electron chi connectivity index (χ3n) is 1.77. The van der Waals surface area contributed by atoms with Gasteiger partial charge in [0.15, 0.2) is 5.78 Å². The molecule has 0 aromatic heterocycles. The number of ketones is 1. The first-order chi connectivity index (χ1) is 5.34. The molecule has 0 atom stereocenters. The summed E-state index contributed by atoms with van der Waals surface area (Å²) in [5.41, 5.74) is 0.873. The Morgan fingerprint density at radius 1 is 1.73 bits per heavy atom. The van der Waals surface area contributed by atoms with Gasteiger partial charge >= 0.3 is 0 Å². The molecule has 0 aromatic carbocycles. The van der Waals surface area contributed by atoms with Crippen LogP contribution in [0.3, 0.4) is 0 Å². The van der Waals surface area contributed by atoms with Crippen LogP contribution < -0.4 is 0 Å². The monoisotopic (exact) mass is 154 g/mol. The molecule has 0 spiro atoms. The van der Waals surface area contributed by atoms with E-state index in [0.29, 0.717) is 6.42 Å². The largest absolute Gasteiger partial charge is 0.501 e.